The molecule has 3 aromatic carbocycles. The summed E-state index contributed by atoms with van der Waals surface area (Å²) >= 11 is 0. The highest BCUT2D eigenvalue weighted by molar-refractivity contribution is 5.93. The highest BCUT2D eigenvalue weighted by Crippen LogP contribution is 2.22. The molecule has 7 nitrogen and oxygen atoms in total. The van der Waals surface area contributed by atoms with Crippen molar-refractivity contribution in [1.82, 2.24) is 0 Å². The van der Waals surface area contributed by atoms with Crippen molar-refractivity contribution in [3.05, 3.63) is 101 Å². The zero-order valence-electron chi connectivity index (χ0n) is 27.6. The largest absolute Gasteiger partial charge is 0.493 e. The monoisotopic (exact) mass is 628 g/mol. The van der Waals surface area contributed by atoms with Crippen LogP contribution in [-0.4, -0.2) is 31.1 Å². The van der Waals surface area contributed by atoms with E-state index in [1.54, 1.807) is 49.4 Å². The van der Waals surface area contributed by atoms with Gasteiger partial charge in [0.1, 0.15) is 17.2 Å². The molecule has 0 N–H and O–H groups in total. The van der Waals surface area contributed by atoms with E-state index in [1.165, 1.54) is 56.9 Å². The number of esters is 3. The Hall–Kier alpha value is -4.39. The summed E-state index contributed by atoms with van der Waals surface area (Å²) < 4.78 is 21.9. The van der Waals surface area contributed by atoms with Gasteiger partial charge in [0.15, 0.2) is 0 Å². The van der Waals surface area contributed by atoms with Gasteiger partial charge in [-0.05, 0) is 105 Å². The third-order valence-electron chi connectivity index (χ3n) is 7.54. The minimum atomic E-state index is -0.517. The van der Waals surface area contributed by atoms with Crippen molar-refractivity contribution < 1.29 is 33.3 Å². The zero-order valence-corrected chi connectivity index (χ0v) is 27.6. The maximum Gasteiger partial charge on any atom is 0.343 e. The normalized spacial score (nSPS) is 10.7. The Morgan fingerprint density at radius 3 is 1.80 bits per heavy atom. The van der Waals surface area contributed by atoms with E-state index in [0.717, 1.165) is 12.0 Å². The lowest BCUT2D eigenvalue weighted by Crippen LogP contribution is -2.11. The van der Waals surface area contributed by atoms with Gasteiger partial charge in [0.2, 0.25) is 0 Å². The van der Waals surface area contributed by atoms with Crippen LogP contribution in [0.2, 0.25) is 0 Å². The third-order valence-corrected chi connectivity index (χ3v) is 7.54. The molecule has 0 unspecified atom stereocenters. The quantitative estimate of drug-likeness (QED) is 0.0533. The van der Waals surface area contributed by atoms with Gasteiger partial charge in [0, 0.05) is 5.57 Å². The lowest BCUT2D eigenvalue weighted by molar-refractivity contribution is -0.139. The molecule has 0 aromatic heterocycles. The topological polar surface area (TPSA) is 88.1 Å². The predicted molar refractivity (Wildman–Crippen MR) is 181 cm³/mol. The fourth-order valence-corrected chi connectivity index (χ4v) is 4.79. The summed E-state index contributed by atoms with van der Waals surface area (Å²) in [6.07, 6.45) is 12.8. The van der Waals surface area contributed by atoms with E-state index in [1.807, 2.05) is 31.2 Å². The Balaban J connectivity index is 1.39. The van der Waals surface area contributed by atoms with Crippen molar-refractivity contribution in [3.63, 3.8) is 0 Å². The average Bonchev–Trinajstić information content (AvgIpc) is 3.05. The molecule has 0 fully saturated rings. The fraction of sp³-hybridized carbons (Fsp3) is 0.410. The summed E-state index contributed by atoms with van der Waals surface area (Å²) in [5, 5.41) is 0. The maximum atomic E-state index is 12.7. The number of carbonyl (C=O) groups excluding carboxylic acids is 3. The standard InChI is InChI=1S/C39H48O7/c1-5-6-7-8-9-10-11-12-15-31-16-21-34(22-17-31)45-38(41)32-18-23-35(24-19-32)46-39(42)33-20-25-36(30(4)28-33)43-26-13-14-27-44-37(40)29(2)3/h16-25,28H,2,5-15,26-27H2,1,3-4H3. The SMILES string of the molecule is C=C(C)C(=O)OCCCCOc1ccc(C(=O)Oc2ccc(C(=O)Oc3ccc(CCCCCCCCCC)cc3)cc2)cc1C. The number of hydrogen-bond acceptors (Lipinski definition) is 7. The number of unbranched alkanes of at least 4 members (excludes halogenated alkanes) is 8. The van der Waals surface area contributed by atoms with Crippen LogP contribution in [0.4, 0.5) is 0 Å². The van der Waals surface area contributed by atoms with Crippen molar-refractivity contribution in [3.8, 4) is 17.2 Å². The lowest BCUT2D eigenvalue weighted by atomic mass is 10.0. The fourth-order valence-electron chi connectivity index (χ4n) is 4.79. The number of aryl methyl sites for hydroxylation is 2. The van der Waals surface area contributed by atoms with Crippen LogP contribution in [0.3, 0.4) is 0 Å². The van der Waals surface area contributed by atoms with Crippen LogP contribution in [0, 0.1) is 6.92 Å². The second kappa shape index (κ2) is 19.9. The first-order valence-corrected chi connectivity index (χ1v) is 16.5. The van der Waals surface area contributed by atoms with E-state index in [4.69, 9.17) is 18.9 Å². The Kier molecular flexibility index (Phi) is 15.6. The molecule has 3 aromatic rings. The smallest absolute Gasteiger partial charge is 0.343 e. The average molecular weight is 629 g/mol. The van der Waals surface area contributed by atoms with Crippen LogP contribution in [0.15, 0.2) is 78.9 Å². The Bertz CT molecular complexity index is 1410. The van der Waals surface area contributed by atoms with Crippen LogP contribution in [0.5, 0.6) is 17.2 Å². The first-order chi connectivity index (χ1) is 22.3. The van der Waals surface area contributed by atoms with Crippen LogP contribution in [0.25, 0.3) is 0 Å². The van der Waals surface area contributed by atoms with Gasteiger partial charge in [-0.2, -0.15) is 0 Å². The van der Waals surface area contributed by atoms with E-state index in [-0.39, 0.29) is 0 Å². The molecule has 0 heterocycles. The summed E-state index contributed by atoms with van der Waals surface area (Å²) in [5.74, 6) is 0.0862. The molecule has 46 heavy (non-hydrogen) atoms. The van der Waals surface area contributed by atoms with Crippen LogP contribution < -0.4 is 14.2 Å². The van der Waals surface area contributed by atoms with Gasteiger partial charge >= 0.3 is 17.9 Å². The highest BCUT2D eigenvalue weighted by atomic mass is 16.5. The van der Waals surface area contributed by atoms with Crippen molar-refractivity contribution in [2.45, 2.75) is 91.4 Å². The van der Waals surface area contributed by atoms with Gasteiger partial charge in [-0.1, -0.05) is 70.6 Å². The minimum absolute atomic E-state index is 0.314. The molecule has 0 aliphatic rings. The molecule has 7 heteroatoms. The number of rotatable bonds is 20. The van der Waals surface area contributed by atoms with Gasteiger partial charge < -0.3 is 18.9 Å². The van der Waals surface area contributed by atoms with E-state index < -0.39 is 17.9 Å². The van der Waals surface area contributed by atoms with Gasteiger partial charge in [-0.15, -0.1) is 0 Å². The summed E-state index contributed by atoms with van der Waals surface area (Å²) in [5.41, 5.74) is 3.15. The third kappa shape index (κ3) is 12.9. The molecule has 0 radical (unpaired) electrons. The maximum absolute atomic E-state index is 12.7. The number of benzene rings is 3. The molecular weight excluding hydrogens is 580 g/mol. The molecule has 246 valence electrons. The molecule has 3 rings (SSSR count). The van der Waals surface area contributed by atoms with Gasteiger partial charge in [0.05, 0.1) is 24.3 Å². The Labute approximate surface area is 273 Å². The van der Waals surface area contributed by atoms with E-state index in [9.17, 15) is 14.4 Å². The summed E-state index contributed by atoms with van der Waals surface area (Å²) in [6.45, 7) is 10.0. The first kappa shape index (κ1) is 36.1. The van der Waals surface area contributed by atoms with E-state index >= 15 is 0 Å². The molecule has 0 spiro atoms. The van der Waals surface area contributed by atoms with Gasteiger partial charge in [-0.3, -0.25) is 0 Å². The number of ether oxygens (including phenoxy) is 4. The Morgan fingerprint density at radius 2 is 1.20 bits per heavy atom. The first-order valence-electron chi connectivity index (χ1n) is 16.5. The molecule has 0 bridgehead atoms. The molecule has 0 saturated heterocycles. The van der Waals surface area contributed by atoms with Crippen LogP contribution in [0.1, 0.15) is 110 Å². The van der Waals surface area contributed by atoms with Crippen molar-refractivity contribution >= 4 is 17.9 Å². The minimum Gasteiger partial charge on any atom is -0.493 e. The second-order valence-electron chi connectivity index (χ2n) is 11.6. The number of hydrogen-bond donors (Lipinski definition) is 0. The van der Waals surface area contributed by atoms with Crippen molar-refractivity contribution in [1.29, 1.82) is 0 Å². The summed E-state index contributed by atoms with van der Waals surface area (Å²) in [7, 11) is 0. The molecule has 0 aliphatic carbocycles. The molecule has 0 atom stereocenters. The molecule has 0 amide bonds. The van der Waals surface area contributed by atoms with Crippen molar-refractivity contribution in [2.75, 3.05) is 13.2 Å². The zero-order chi connectivity index (χ0) is 33.1. The van der Waals surface area contributed by atoms with Crippen molar-refractivity contribution in [2.24, 2.45) is 0 Å². The molecular formula is C39H48O7. The predicted octanol–water partition coefficient (Wildman–Crippen LogP) is 9.39. The lowest BCUT2D eigenvalue weighted by Gasteiger charge is -2.11. The molecule has 0 saturated carbocycles. The summed E-state index contributed by atoms with van der Waals surface area (Å²) in [6, 6.07) is 19.1. The molecule has 0 aliphatic heterocycles. The Morgan fingerprint density at radius 1 is 0.652 bits per heavy atom. The summed E-state index contributed by atoms with van der Waals surface area (Å²) in [4.78, 5) is 36.8. The van der Waals surface area contributed by atoms with E-state index in [0.29, 0.717) is 60.0 Å². The van der Waals surface area contributed by atoms with Crippen LogP contribution >= 0.6 is 0 Å². The second-order valence-corrected chi connectivity index (χ2v) is 11.6. The van der Waals surface area contributed by atoms with Gasteiger partial charge in [0.25, 0.3) is 0 Å². The highest BCUT2D eigenvalue weighted by Gasteiger charge is 2.13. The number of carbonyl (C=O) groups is 3. The van der Waals surface area contributed by atoms with Gasteiger partial charge in [-0.25, -0.2) is 14.4 Å². The van der Waals surface area contributed by atoms with Crippen LogP contribution in [-0.2, 0) is 16.0 Å². The van der Waals surface area contributed by atoms with E-state index in [2.05, 4.69) is 13.5 Å².